The van der Waals surface area contributed by atoms with Crippen LogP contribution in [0.1, 0.15) is 54.1 Å². The van der Waals surface area contributed by atoms with Crippen molar-refractivity contribution in [3.8, 4) is 0 Å². The van der Waals surface area contributed by atoms with Crippen molar-refractivity contribution in [2.24, 2.45) is 5.92 Å². The summed E-state index contributed by atoms with van der Waals surface area (Å²) in [5.74, 6) is 0.561. The molecule has 0 spiro atoms. The van der Waals surface area contributed by atoms with Gasteiger partial charge in [0.15, 0.2) is 0 Å². The molecule has 2 aliphatic heterocycles. The van der Waals surface area contributed by atoms with Crippen LogP contribution in [0.5, 0.6) is 0 Å². The highest BCUT2D eigenvalue weighted by Crippen LogP contribution is 2.29. The number of carbonyl (C=O) groups is 2. The predicted molar refractivity (Wildman–Crippen MR) is 137 cm³/mol. The van der Waals surface area contributed by atoms with Crippen molar-refractivity contribution < 1.29 is 14.3 Å². The minimum atomic E-state index is -0.336. The fraction of sp³-hybridized carbons (Fsp3) is 0.481. The van der Waals surface area contributed by atoms with Crippen LogP contribution in [-0.2, 0) is 4.74 Å². The standard InChI is InChI=1S/C27H36N4O3/c1-18-10-12-31(13-11-18)25-9-7-21(16-23(25)26(32)28-17-22-5-4-14-34-22)29-27(33)30-24-8-6-19(2)15-20(24)3/h6-9,15-16,18,22H,4-5,10-14,17H2,1-3H3,(H,28,32)(H2,29,30,33). The molecule has 0 radical (unpaired) electrons. The number of amides is 3. The van der Waals surface area contributed by atoms with Crippen molar-refractivity contribution in [3.63, 3.8) is 0 Å². The molecule has 0 aromatic heterocycles. The Morgan fingerprint density at radius 1 is 1.03 bits per heavy atom. The minimum absolute atomic E-state index is 0.0769. The molecule has 0 bridgehead atoms. The first-order valence-corrected chi connectivity index (χ1v) is 12.3. The van der Waals surface area contributed by atoms with Crippen molar-refractivity contribution in [1.29, 1.82) is 0 Å². The fourth-order valence-corrected chi connectivity index (χ4v) is 4.67. The van der Waals surface area contributed by atoms with Gasteiger partial charge < -0.3 is 25.6 Å². The lowest BCUT2D eigenvalue weighted by Gasteiger charge is -2.33. The van der Waals surface area contributed by atoms with Gasteiger partial charge in [0.2, 0.25) is 0 Å². The molecule has 3 N–H and O–H groups in total. The Balaban J connectivity index is 1.50. The zero-order valence-corrected chi connectivity index (χ0v) is 20.4. The minimum Gasteiger partial charge on any atom is -0.376 e. The van der Waals surface area contributed by atoms with Gasteiger partial charge in [-0.1, -0.05) is 24.6 Å². The molecule has 2 heterocycles. The first-order valence-electron chi connectivity index (χ1n) is 12.3. The highest BCUT2D eigenvalue weighted by Gasteiger charge is 2.23. The molecule has 7 heteroatoms. The van der Waals surface area contributed by atoms with Crippen molar-refractivity contribution in [3.05, 3.63) is 53.1 Å². The van der Waals surface area contributed by atoms with E-state index in [4.69, 9.17) is 4.74 Å². The maximum atomic E-state index is 13.2. The third-order valence-corrected chi connectivity index (χ3v) is 6.77. The number of aryl methyl sites for hydroxylation is 2. The van der Waals surface area contributed by atoms with Crippen LogP contribution in [0.15, 0.2) is 36.4 Å². The number of ether oxygens (including phenoxy) is 1. The number of nitrogens with one attached hydrogen (secondary N) is 3. The van der Waals surface area contributed by atoms with Gasteiger partial charge in [0, 0.05) is 43.3 Å². The number of nitrogens with zero attached hydrogens (tertiary/aromatic N) is 1. The topological polar surface area (TPSA) is 82.7 Å². The van der Waals surface area contributed by atoms with E-state index in [1.807, 2.05) is 44.2 Å². The molecule has 1 unspecified atom stereocenters. The highest BCUT2D eigenvalue weighted by molar-refractivity contribution is 6.04. The molecule has 3 amide bonds. The molecule has 2 saturated heterocycles. The van der Waals surface area contributed by atoms with Gasteiger partial charge >= 0.3 is 6.03 Å². The quantitative estimate of drug-likeness (QED) is 0.556. The van der Waals surface area contributed by atoms with E-state index in [-0.39, 0.29) is 18.0 Å². The lowest BCUT2D eigenvalue weighted by Crippen LogP contribution is -2.36. The van der Waals surface area contributed by atoms with Crippen LogP contribution in [0.4, 0.5) is 21.9 Å². The van der Waals surface area contributed by atoms with E-state index in [0.717, 1.165) is 67.9 Å². The van der Waals surface area contributed by atoms with Crippen LogP contribution >= 0.6 is 0 Å². The van der Waals surface area contributed by atoms with Crippen molar-refractivity contribution in [2.75, 3.05) is 41.8 Å². The summed E-state index contributed by atoms with van der Waals surface area (Å²) in [6.07, 6.45) is 4.29. The van der Waals surface area contributed by atoms with Crippen molar-refractivity contribution in [1.82, 2.24) is 5.32 Å². The van der Waals surface area contributed by atoms with Crippen molar-refractivity contribution >= 4 is 29.0 Å². The Morgan fingerprint density at radius 2 is 1.82 bits per heavy atom. The lowest BCUT2D eigenvalue weighted by atomic mass is 9.97. The molecule has 0 saturated carbocycles. The summed E-state index contributed by atoms with van der Waals surface area (Å²) in [4.78, 5) is 28.2. The summed E-state index contributed by atoms with van der Waals surface area (Å²) < 4.78 is 5.66. The van der Waals surface area contributed by atoms with Gasteiger partial charge in [0.25, 0.3) is 5.91 Å². The van der Waals surface area contributed by atoms with Crippen LogP contribution in [0.2, 0.25) is 0 Å². The number of rotatable bonds is 6. The Labute approximate surface area is 202 Å². The maximum Gasteiger partial charge on any atom is 0.323 e. The number of anilines is 3. The van der Waals surface area contributed by atoms with Gasteiger partial charge in [0.1, 0.15) is 0 Å². The summed E-state index contributed by atoms with van der Waals surface area (Å²) in [5.41, 5.74) is 4.98. The molecule has 182 valence electrons. The normalized spacial score (nSPS) is 18.6. The van der Waals surface area contributed by atoms with E-state index in [9.17, 15) is 9.59 Å². The zero-order valence-electron chi connectivity index (χ0n) is 20.4. The molecular formula is C27H36N4O3. The third-order valence-electron chi connectivity index (χ3n) is 6.77. The first kappa shape index (κ1) is 24.1. The molecule has 2 aromatic carbocycles. The number of carbonyl (C=O) groups excluding carboxylic acids is 2. The first-order chi connectivity index (χ1) is 16.4. The fourth-order valence-electron chi connectivity index (χ4n) is 4.67. The Morgan fingerprint density at radius 3 is 2.53 bits per heavy atom. The molecule has 2 aromatic rings. The summed E-state index contributed by atoms with van der Waals surface area (Å²) in [7, 11) is 0. The largest absolute Gasteiger partial charge is 0.376 e. The zero-order chi connectivity index (χ0) is 24.1. The number of benzene rings is 2. The summed E-state index contributed by atoms with van der Waals surface area (Å²) in [6, 6.07) is 11.1. The van der Waals surface area contributed by atoms with Gasteiger partial charge in [-0.3, -0.25) is 4.79 Å². The number of hydrogen-bond donors (Lipinski definition) is 3. The second-order valence-corrected chi connectivity index (χ2v) is 9.64. The lowest BCUT2D eigenvalue weighted by molar-refractivity contribution is 0.0858. The summed E-state index contributed by atoms with van der Waals surface area (Å²) in [5, 5.41) is 8.83. The van der Waals surface area contributed by atoms with Gasteiger partial charge in [0.05, 0.1) is 11.7 Å². The maximum absolute atomic E-state index is 13.2. The van der Waals surface area contributed by atoms with Crippen LogP contribution in [0.3, 0.4) is 0 Å². The van der Waals surface area contributed by atoms with Crippen LogP contribution < -0.4 is 20.9 Å². The second-order valence-electron chi connectivity index (χ2n) is 9.64. The Kier molecular flexibility index (Phi) is 7.73. The van der Waals surface area contributed by atoms with E-state index < -0.39 is 0 Å². The van der Waals surface area contributed by atoms with E-state index in [0.29, 0.717) is 23.7 Å². The second kappa shape index (κ2) is 10.9. The van der Waals surface area contributed by atoms with E-state index in [1.54, 1.807) is 6.07 Å². The van der Waals surface area contributed by atoms with Gasteiger partial charge in [-0.2, -0.15) is 0 Å². The van der Waals surface area contributed by atoms with Gasteiger partial charge in [-0.25, -0.2) is 4.79 Å². The van der Waals surface area contributed by atoms with Crippen LogP contribution in [0, 0.1) is 19.8 Å². The molecular weight excluding hydrogens is 428 g/mol. The van der Waals surface area contributed by atoms with Crippen LogP contribution in [-0.4, -0.2) is 44.3 Å². The van der Waals surface area contributed by atoms with Gasteiger partial charge in [-0.15, -0.1) is 0 Å². The number of urea groups is 1. The molecule has 2 aliphatic rings. The smallest absolute Gasteiger partial charge is 0.323 e. The van der Waals surface area contributed by atoms with E-state index in [2.05, 4.69) is 27.8 Å². The van der Waals surface area contributed by atoms with Crippen molar-refractivity contribution in [2.45, 2.75) is 52.6 Å². The molecule has 4 rings (SSSR count). The van der Waals surface area contributed by atoms with Crippen LogP contribution in [0.25, 0.3) is 0 Å². The molecule has 0 aliphatic carbocycles. The number of piperidine rings is 1. The summed E-state index contributed by atoms with van der Waals surface area (Å²) in [6.45, 7) is 9.36. The van der Waals surface area contributed by atoms with E-state index in [1.165, 1.54) is 0 Å². The Hall–Kier alpha value is -3.06. The number of hydrogen-bond acceptors (Lipinski definition) is 4. The highest BCUT2D eigenvalue weighted by atomic mass is 16.5. The third kappa shape index (κ3) is 6.08. The molecule has 7 nitrogen and oxygen atoms in total. The molecule has 2 fully saturated rings. The Bertz CT molecular complexity index is 1020. The average molecular weight is 465 g/mol. The monoisotopic (exact) mass is 464 g/mol. The van der Waals surface area contributed by atoms with Gasteiger partial charge in [-0.05, 0) is 75.3 Å². The summed E-state index contributed by atoms with van der Waals surface area (Å²) >= 11 is 0. The predicted octanol–water partition coefficient (Wildman–Crippen LogP) is 5.09. The SMILES string of the molecule is Cc1ccc(NC(=O)Nc2ccc(N3CCC(C)CC3)c(C(=O)NCC3CCCO3)c2)c(C)c1. The van der Waals surface area contributed by atoms with E-state index >= 15 is 0 Å². The average Bonchev–Trinajstić information content (AvgIpc) is 3.34. The molecule has 1 atom stereocenters. The molecule has 34 heavy (non-hydrogen) atoms.